The van der Waals surface area contributed by atoms with Gasteiger partial charge in [0.25, 0.3) is 12.3 Å². The van der Waals surface area contributed by atoms with Crippen LogP contribution in [0.4, 0.5) is 20.3 Å². The van der Waals surface area contributed by atoms with Crippen LogP contribution in [0.15, 0.2) is 48.9 Å². The number of benzene rings is 1. The number of hydrogen-bond acceptors (Lipinski definition) is 6. The van der Waals surface area contributed by atoms with E-state index in [4.69, 9.17) is 0 Å². The molecule has 0 bridgehead atoms. The lowest BCUT2D eigenvalue weighted by Crippen LogP contribution is -2.27. The number of pyridine rings is 2. The minimum atomic E-state index is -2.74. The summed E-state index contributed by atoms with van der Waals surface area (Å²) in [6.07, 6.45) is 3.43. The van der Waals surface area contributed by atoms with E-state index in [0.717, 1.165) is 17.4 Å². The number of anilines is 2. The van der Waals surface area contributed by atoms with E-state index >= 15 is 0 Å². The molecule has 1 aliphatic heterocycles. The molecule has 1 aliphatic rings. The summed E-state index contributed by atoms with van der Waals surface area (Å²) in [5, 5.41) is 10.0. The van der Waals surface area contributed by atoms with E-state index < -0.39 is 6.43 Å². The zero-order valence-electron chi connectivity index (χ0n) is 20.3. The topological polar surface area (TPSA) is 105 Å². The summed E-state index contributed by atoms with van der Waals surface area (Å²) >= 11 is 0. The van der Waals surface area contributed by atoms with Gasteiger partial charge in [-0.1, -0.05) is 6.07 Å². The highest BCUT2D eigenvalue weighted by Crippen LogP contribution is 2.42. The third-order valence-corrected chi connectivity index (χ3v) is 6.42. The number of amides is 2. The van der Waals surface area contributed by atoms with Crippen molar-refractivity contribution in [2.45, 2.75) is 25.8 Å². The molecule has 0 saturated heterocycles. The molecule has 0 fully saturated rings. The van der Waals surface area contributed by atoms with Gasteiger partial charge in [-0.05, 0) is 48.2 Å². The average Bonchev–Trinajstić information content (AvgIpc) is 3.38. The van der Waals surface area contributed by atoms with Crippen LogP contribution in [0.5, 0.6) is 0 Å². The van der Waals surface area contributed by atoms with Crippen LogP contribution in [-0.2, 0) is 17.8 Å². The van der Waals surface area contributed by atoms with Crippen molar-refractivity contribution in [2.75, 3.05) is 25.5 Å². The van der Waals surface area contributed by atoms with Crippen LogP contribution in [0.25, 0.3) is 22.0 Å². The number of aromatic nitrogens is 4. The van der Waals surface area contributed by atoms with Gasteiger partial charge in [0.2, 0.25) is 5.91 Å². The van der Waals surface area contributed by atoms with E-state index in [-0.39, 0.29) is 29.6 Å². The summed E-state index contributed by atoms with van der Waals surface area (Å²) in [4.78, 5) is 35.1. The fourth-order valence-corrected chi connectivity index (χ4v) is 4.61. The lowest BCUT2D eigenvalue weighted by Gasteiger charge is -2.32. The predicted molar refractivity (Wildman–Crippen MR) is 135 cm³/mol. The maximum absolute atomic E-state index is 14.4. The van der Waals surface area contributed by atoms with Crippen molar-refractivity contribution < 1.29 is 18.4 Å². The van der Waals surface area contributed by atoms with Crippen LogP contribution in [0.2, 0.25) is 0 Å². The van der Waals surface area contributed by atoms with E-state index in [9.17, 15) is 18.4 Å². The summed E-state index contributed by atoms with van der Waals surface area (Å²) in [6.45, 7) is 0.529. The third kappa shape index (κ3) is 4.59. The van der Waals surface area contributed by atoms with Crippen molar-refractivity contribution in [3.63, 3.8) is 0 Å². The molecule has 0 saturated carbocycles. The Morgan fingerprint density at radius 2 is 2.00 bits per heavy atom. The molecular weight excluding hydrogens is 480 g/mol. The second-order valence-electron chi connectivity index (χ2n) is 8.71. The number of fused-ring (bicyclic) bond motifs is 2. The summed E-state index contributed by atoms with van der Waals surface area (Å²) in [5.41, 5.74) is 3.02. The summed E-state index contributed by atoms with van der Waals surface area (Å²) in [6, 6.07) is 8.54. The second kappa shape index (κ2) is 9.92. The fourth-order valence-electron chi connectivity index (χ4n) is 4.61. The molecule has 0 radical (unpaired) electrons. The standard InChI is InChI=1S/C26H25F2N7O2/c1-29-22(36)14-34-13-17(12-32-34)18-9-15-6-4-8-35(21(15)11-19(18)24(27)28)25-23-16(5-3-7-31-23)10-20(33-25)26(37)30-2/h3,5,7,9-13,24H,4,6,8,14H2,1-2H3,(H,29,36)(H,30,37). The molecule has 1 aromatic carbocycles. The van der Waals surface area contributed by atoms with E-state index in [1.165, 1.54) is 31.0 Å². The van der Waals surface area contributed by atoms with Gasteiger partial charge in [-0.3, -0.25) is 19.3 Å². The Bertz CT molecular complexity index is 1500. The van der Waals surface area contributed by atoms with Crippen molar-refractivity contribution in [3.8, 4) is 11.1 Å². The quantitative estimate of drug-likeness (QED) is 0.415. The lowest BCUT2D eigenvalue weighted by atomic mass is 9.93. The number of nitrogens with zero attached hydrogens (tertiary/aromatic N) is 5. The fraction of sp³-hybridized carbons (Fsp3) is 0.269. The van der Waals surface area contributed by atoms with Gasteiger partial charge in [0.05, 0.1) is 6.20 Å². The first-order valence-corrected chi connectivity index (χ1v) is 11.8. The Kier molecular flexibility index (Phi) is 6.51. The Morgan fingerprint density at radius 1 is 1.16 bits per heavy atom. The highest BCUT2D eigenvalue weighted by Gasteiger charge is 2.27. The molecule has 2 N–H and O–H groups in total. The molecule has 9 nitrogen and oxygen atoms in total. The molecule has 0 spiro atoms. The smallest absolute Gasteiger partial charge is 0.269 e. The van der Waals surface area contributed by atoms with Gasteiger partial charge in [-0.15, -0.1) is 0 Å². The van der Waals surface area contributed by atoms with Crippen molar-refractivity contribution >= 4 is 34.2 Å². The first-order valence-electron chi connectivity index (χ1n) is 11.8. The van der Waals surface area contributed by atoms with Crippen molar-refractivity contribution in [3.05, 3.63) is 65.7 Å². The van der Waals surface area contributed by atoms with Crippen LogP contribution >= 0.6 is 0 Å². The number of aryl methyl sites for hydroxylation is 1. The van der Waals surface area contributed by atoms with Gasteiger partial charge in [0.15, 0.2) is 5.82 Å². The molecule has 5 rings (SSSR count). The molecule has 0 unspecified atom stereocenters. The number of alkyl halides is 2. The second-order valence-corrected chi connectivity index (χ2v) is 8.71. The van der Waals surface area contributed by atoms with Crippen molar-refractivity contribution in [1.82, 2.24) is 30.4 Å². The molecule has 4 heterocycles. The highest BCUT2D eigenvalue weighted by molar-refractivity contribution is 6.00. The Labute approximate surface area is 211 Å². The predicted octanol–water partition coefficient (Wildman–Crippen LogP) is 3.62. The molecule has 11 heteroatoms. The van der Waals surface area contributed by atoms with Crippen LogP contribution in [0, 0.1) is 0 Å². The zero-order chi connectivity index (χ0) is 26.1. The number of rotatable bonds is 6. The Hall–Kier alpha value is -4.41. The maximum atomic E-state index is 14.4. The first-order chi connectivity index (χ1) is 17.9. The molecule has 3 aromatic heterocycles. The van der Waals surface area contributed by atoms with E-state index in [0.29, 0.717) is 41.1 Å². The van der Waals surface area contributed by atoms with Crippen LogP contribution in [0.1, 0.15) is 34.5 Å². The number of carbonyl (C=O) groups is 2. The normalized spacial score (nSPS) is 13.1. The van der Waals surface area contributed by atoms with Gasteiger partial charge in [0, 0.05) is 55.2 Å². The minimum absolute atomic E-state index is 0.00729. The van der Waals surface area contributed by atoms with E-state index in [1.807, 2.05) is 11.0 Å². The van der Waals surface area contributed by atoms with Crippen LogP contribution < -0.4 is 15.5 Å². The highest BCUT2D eigenvalue weighted by atomic mass is 19.3. The number of hydrogen-bond donors (Lipinski definition) is 2. The molecule has 37 heavy (non-hydrogen) atoms. The van der Waals surface area contributed by atoms with Gasteiger partial charge in [0.1, 0.15) is 17.8 Å². The monoisotopic (exact) mass is 505 g/mol. The third-order valence-electron chi connectivity index (χ3n) is 6.42. The van der Waals surface area contributed by atoms with Crippen LogP contribution in [-0.4, -0.2) is 52.2 Å². The number of carbonyl (C=O) groups excluding carboxylic acids is 2. The molecule has 0 atom stereocenters. The number of likely N-dealkylation sites (N-methyl/N-ethyl adjacent to an activating group) is 1. The number of nitrogens with one attached hydrogen (secondary N) is 2. The van der Waals surface area contributed by atoms with Crippen molar-refractivity contribution in [2.24, 2.45) is 0 Å². The average molecular weight is 506 g/mol. The largest absolute Gasteiger partial charge is 0.358 e. The summed E-state index contributed by atoms with van der Waals surface area (Å²) < 4.78 is 30.1. The van der Waals surface area contributed by atoms with Gasteiger partial charge < -0.3 is 15.5 Å². The minimum Gasteiger partial charge on any atom is -0.358 e. The van der Waals surface area contributed by atoms with Gasteiger partial charge >= 0.3 is 0 Å². The Morgan fingerprint density at radius 3 is 2.76 bits per heavy atom. The summed E-state index contributed by atoms with van der Waals surface area (Å²) in [7, 11) is 3.05. The molecular formula is C26H25F2N7O2. The van der Waals surface area contributed by atoms with E-state index in [1.54, 1.807) is 30.6 Å². The molecule has 2 amide bonds. The maximum Gasteiger partial charge on any atom is 0.269 e. The zero-order valence-corrected chi connectivity index (χ0v) is 20.3. The molecule has 4 aromatic rings. The van der Waals surface area contributed by atoms with Gasteiger partial charge in [-0.25, -0.2) is 13.8 Å². The summed E-state index contributed by atoms with van der Waals surface area (Å²) in [5.74, 6) is -0.136. The lowest BCUT2D eigenvalue weighted by molar-refractivity contribution is -0.121. The van der Waals surface area contributed by atoms with Crippen molar-refractivity contribution in [1.29, 1.82) is 0 Å². The first kappa shape index (κ1) is 24.3. The van der Waals surface area contributed by atoms with Crippen LogP contribution in [0.3, 0.4) is 0 Å². The Balaban J connectivity index is 1.63. The van der Waals surface area contributed by atoms with E-state index in [2.05, 4.69) is 25.7 Å². The van der Waals surface area contributed by atoms with Gasteiger partial charge in [-0.2, -0.15) is 5.10 Å². The molecule has 0 aliphatic carbocycles. The SMILES string of the molecule is CNC(=O)Cn1cc(-c2cc3c(cc2C(F)F)N(c2nc(C(=O)NC)cc4cccnc24)CCC3)cn1. The molecule has 190 valence electrons. The number of halogens is 2.